The highest BCUT2D eigenvalue weighted by molar-refractivity contribution is 5.97. The third-order valence-electron chi connectivity index (χ3n) is 5.32. The first-order chi connectivity index (χ1) is 15.5. The van der Waals surface area contributed by atoms with Gasteiger partial charge in [-0.2, -0.15) is 0 Å². The third-order valence-corrected chi connectivity index (χ3v) is 5.32. The number of aromatic nitrogens is 2. The van der Waals surface area contributed by atoms with Crippen molar-refractivity contribution in [2.75, 3.05) is 42.6 Å². The minimum atomic E-state index is -0.459. The summed E-state index contributed by atoms with van der Waals surface area (Å²) in [5.74, 6) is 0.357. The van der Waals surface area contributed by atoms with E-state index in [1.54, 1.807) is 37.3 Å². The Morgan fingerprint density at radius 2 is 1.78 bits per heavy atom. The molecule has 8 nitrogen and oxygen atoms in total. The average Bonchev–Trinajstić information content (AvgIpc) is 3.31. The molecule has 1 aliphatic rings. The van der Waals surface area contributed by atoms with E-state index in [2.05, 4.69) is 20.4 Å². The van der Waals surface area contributed by atoms with Gasteiger partial charge in [-0.3, -0.25) is 4.79 Å². The van der Waals surface area contributed by atoms with Crippen molar-refractivity contribution in [1.29, 1.82) is 0 Å². The summed E-state index contributed by atoms with van der Waals surface area (Å²) < 4.78 is 24.5. The molecule has 1 amide bonds. The fourth-order valence-electron chi connectivity index (χ4n) is 3.61. The van der Waals surface area contributed by atoms with Crippen molar-refractivity contribution < 1.29 is 18.3 Å². The molecule has 1 aromatic heterocycles. The van der Waals surface area contributed by atoms with Crippen molar-refractivity contribution >= 4 is 17.6 Å². The average molecular weight is 439 g/mol. The van der Waals surface area contributed by atoms with Crippen LogP contribution in [0.25, 0.3) is 0 Å². The summed E-state index contributed by atoms with van der Waals surface area (Å²) in [4.78, 5) is 16.9. The fraction of sp³-hybridized carbons (Fsp3) is 0.348. The predicted molar refractivity (Wildman–Crippen MR) is 119 cm³/mol. The van der Waals surface area contributed by atoms with Crippen LogP contribution in [0.3, 0.4) is 0 Å². The first-order valence-electron chi connectivity index (χ1n) is 10.7. The van der Waals surface area contributed by atoms with E-state index in [0.717, 1.165) is 18.8 Å². The Morgan fingerprint density at radius 1 is 1.09 bits per heavy atom. The second-order valence-electron chi connectivity index (χ2n) is 7.50. The highest BCUT2D eigenvalue weighted by Gasteiger charge is 2.24. The van der Waals surface area contributed by atoms with Crippen molar-refractivity contribution in [2.45, 2.75) is 19.9 Å². The number of ether oxygens (including phenoxy) is 1. The number of carbonyl (C=O) groups is 1. The van der Waals surface area contributed by atoms with Crippen LogP contribution >= 0.6 is 0 Å². The number of nitrogens with zero attached hydrogens (tertiary/aromatic N) is 4. The van der Waals surface area contributed by atoms with Crippen LogP contribution in [-0.4, -0.2) is 48.9 Å². The summed E-state index contributed by atoms with van der Waals surface area (Å²) in [7, 11) is 0. The summed E-state index contributed by atoms with van der Waals surface area (Å²) in [5.41, 5.74) is 1.44. The first-order valence-corrected chi connectivity index (χ1v) is 10.7. The summed E-state index contributed by atoms with van der Waals surface area (Å²) >= 11 is 0. The van der Waals surface area contributed by atoms with Crippen molar-refractivity contribution in [3.8, 4) is 5.75 Å². The number of rotatable bonds is 7. The molecule has 0 saturated carbocycles. The molecule has 0 radical (unpaired) electrons. The van der Waals surface area contributed by atoms with Gasteiger partial charge in [-0.15, -0.1) is 5.10 Å². The Hall–Kier alpha value is -3.62. The van der Waals surface area contributed by atoms with Gasteiger partial charge in [-0.05, 0) is 50.2 Å². The molecule has 9 heteroatoms. The van der Waals surface area contributed by atoms with E-state index < -0.39 is 6.04 Å². The van der Waals surface area contributed by atoms with E-state index in [9.17, 15) is 9.18 Å². The van der Waals surface area contributed by atoms with Crippen LogP contribution in [0.4, 0.5) is 16.1 Å². The molecule has 3 aromatic rings. The minimum absolute atomic E-state index is 0.242. The topological polar surface area (TPSA) is 83.7 Å². The van der Waals surface area contributed by atoms with Crippen molar-refractivity contribution in [3.05, 3.63) is 65.8 Å². The first kappa shape index (κ1) is 21.6. The van der Waals surface area contributed by atoms with Crippen molar-refractivity contribution in [2.24, 2.45) is 0 Å². The summed E-state index contributed by atoms with van der Waals surface area (Å²) in [6.07, 6.45) is 0. The van der Waals surface area contributed by atoms with Gasteiger partial charge in [0.1, 0.15) is 17.6 Å². The molecule has 1 saturated heterocycles. The molecular formula is C23H26FN5O3. The summed E-state index contributed by atoms with van der Waals surface area (Å²) in [6.45, 7) is 7.04. The lowest BCUT2D eigenvalue weighted by Crippen LogP contribution is -2.46. The van der Waals surface area contributed by atoms with E-state index in [1.165, 1.54) is 12.1 Å². The van der Waals surface area contributed by atoms with Crippen molar-refractivity contribution in [1.82, 2.24) is 15.5 Å². The van der Waals surface area contributed by atoms with E-state index in [1.807, 2.05) is 17.9 Å². The lowest BCUT2D eigenvalue weighted by Gasteiger charge is -2.35. The zero-order chi connectivity index (χ0) is 22.5. The van der Waals surface area contributed by atoms with Gasteiger partial charge in [0.15, 0.2) is 0 Å². The SMILES string of the molecule is CCOc1ccccc1C(=O)N[C@@H](C)c1nnc(N2CCN(c3ccc(F)cc3)CC2)o1. The number of hydrogen-bond acceptors (Lipinski definition) is 7. The number of benzene rings is 2. The molecule has 0 spiro atoms. The van der Waals surface area contributed by atoms with Crippen LogP contribution in [0.15, 0.2) is 52.9 Å². The zero-order valence-corrected chi connectivity index (χ0v) is 18.1. The molecule has 1 N–H and O–H groups in total. The van der Waals surface area contributed by atoms with Crippen LogP contribution < -0.4 is 19.9 Å². The van der Waals surface area contributed by atoms with Crippen LogP contribution in [-0.2, 0) is 0 Å². The molecule has 2 heterocycles. The minimum Gasteiger partial charge on any atom is -0.493 e. The van der Waals surface area contributed by atoms with E-state index in [4.69, 9.17) is 9.15 Å². The second-order valence-corrected chi connectivity index (χ2v) is 7.50. The van der Waals surface area contributed by atoms with Crippen LogP contribution in [0, 0.1) is 5.82 Å². The number of para-hydroxylation sites is 1. The maximum atomic E-state index is 13.1. The molecule has 1 atom stereocenters. The monoisotopic (exact) mass is 439 g/mol. The van der Waals surface area contributed by atoms with Gasteiger partial charge in [0, 0.05) is 31.9 Å². The Balaban J connectivity index is 1.35. The molecule has 0 aliphatic carbocycles. The van der Waals surface area contributed by atoms with Gasteiger partial charge in [0.25, 0.3) is 5.91 Å². The second kappa shape index (κ2) is 9.67. The van der Waals surface area contributed by atoms with Gasteiger partial charge < -0.3 is 24.3 Å². The molecular weight excluding hydrogens is 413 g/mol. The van der Waals surface area contributed by atoms with Crippen LogP contribution in [0.5, 0.6) is 5.75 Å². The highest BCUT2D eigenvalue weighted by atomic mass is 19.1. The number of anilines is 2. The Bertz CT molecular complexity index is 1050. The zero-order valence-electron chi connectivity index (χ0n) is 18.1. The summed E-state index contributed by atoms with van der Waals surface area (Å²) in [5, 5.41) is 11.2. The number of piperazine rings is 1. The third kappa shape index (κ3) is 4.82. The molecule has 0 bridgehead atoms. The largest absolute Gasteiger partial charge is 0.493 e. The smallest absolute Gasteiger partial charge is 0.318 e. The van der Waals surface area contributed by atoms with Gasteiger partial charge in [0.05, 0.1) is 12.2 Å². The van der Waals surface area contributed by atoms with E-state index in [-0.39, 0.29) is 11.7 Å². The predicted octanol–water partition coefficient (Wildman–Crippen LogP) is 3.43. The fourth-order valence-corrected chi connectivity index (χ4v) is 3.61. The molecule has 168 valence electrons. The summed E-state index contributed by atoms with van der Waals surface area (Å²) in [6, 6.07) is 13.6. The number of amides is 1. The normalized spacial score (nSPS) is 14.8. The maximum Gasteiger partial charge on any atom is 0.318 e. The maximum absolute atomic E-state index is 13.1. The molecule has 32 heavy (non-hydrogen) atoms. The Labute approximate surface area is 186 Å². The number of carbonyl (C=O) groups excluding carboxylic acids is 1. The van der Waals surface area contributed by atoms with Gasteiger partial charge in [0.2, 0.25) is 5.89 Å². The van der Waals surface area contributed by atoms with Gasteiger partial charge >= 0.3 is 6.01 Å². The lowest BCUT2D eigenvalue weighted by atomic mass is 10.1. The lowest BCUT2D eigenvalue weighted by molar-refractivity contribution is 0.0930. The highest BCUT2D eigenvalue weighted by Crippen LogP contribution is 2.23. The Kier molecular flexibility index (Phi) is 6.53. The van der Waals surface area contributed by atoms with Gasteiger partial charge in [-0.25, -0.2) is 4.39 Å². The molecule has 2 aromatic carbocycles. The molecule has 4 rings (SSSR count). The molecule has 1 fully saturated rings. The quantitative estimate of drug-likeness (QED) is 0.604. The Morgan fingerprint density at radius 3 is 2.50 bits per heavy atom. The van der Waals surface area contributed by atoms with E-state index in [0.29, 0.717) is 42.9 Å². The van der Waals surface area contributed by atoms with Gasteiger partial charge in [-0.1, -0.05) is 17.2 Å². The molecule has 0 unspecified atom stereocenters. The van der Waals surface area contributed by atoms with Crippen LogP contribution in [0.1, 0.15) is 36.1 Å². The molecule has 1 aliphatic heterocycles. The van der Waals surface area contributed by atoms with E-state index >= 15 is 0 Å². The standard InChI is InChI=1S/C23H26FN5O3/c1-3-31-20-7-5-4-6-19(20)21(30)25-16(2)22-26-27-23(32-22)29-14-12-28(13-15-29)18-10-8-17(24)9-11-18/h4-11,16H,3,12-15H2,1-2H3,(H,25,30)/t16-/m0/s1. The van der Waals surface area contributed by atoms with Crippen LogP contribution in [0.2, 0.25) is 0 Å². The number of hydrogen-bond donors (Lipinski definition) is 1. The number of halogens is 1. The number of nitrogens with one attached hydrogen (secondary N) is 1. The van der Waals surface area contributed by atoms with Crippen molar-refractivity contribution in [3.63, 3.8) is 0 Å².